The van der Waals surface area contributed by atoms with Gasteiger partial charge in [0.25, 0.3) is 5.91 Å². The van der Waals surface area contributed by atoms with Gasteiger partial charge in [-0.05, 0) is 12.1 Å². The first-order valence-electron chi connectivity index (χ1n) is 7.74. The molecule has 0 aliphatic heterocycles. The molecule has 0 radical (unpaired) electrons. The Labute approximate surface area is 148 Å². The Balaban J connectivity index is 2.13. The van der Waals surface area contributed by atoms with Gasteiger partial charge in [0, 0.05) is 24.6 Å². The monoisotopic (exact) mass is 373 g/mol. The van der Waals surface area contributed by atoms with E-state index in [9.17, 15) is 22.4 Å². The minimum Gasteiger partial charge on any atom is -0.403 e. The van der Waals surface area contributed by atoms with Crippen LogP contribution in [-0.2, 0) is 19.0 Å². The van der Waals surface area contributed by atoms with Crippen molar-refractivity contribution in [1.82, 2.24) is 15.1 Å². The standard InChI is InChI=1S/C17H19F4N3O2/c1-16(2,3)13-8-11(24(4)23-13)15(25)22-9-10-6-5-7-12(14(10)18)26-17(19,20)21/h5-8H,9H2,1-4H3,(H,22,25). The Kier molecular flexibility index (Phi) is 5.29. The molecule has 1 amide bonds. The lowest BCUT2D eigenvalue weighted by Gasteiger charge is -2.13. The van der Waals surface area contributed by atoms with Gasteiger partial charge in [-0.3, -0.25) is 9.48 Å². The zero-order chi connectivity index (χ0) is 19.7. The molecule has 9 heteroatoms. The highest BCUT2D eigenvalue weighted by atomic mass is 19.4. The number of amides is 1. The van der Waals surface area contributed by atoms with E-state index >= 15 is 0 Å². The Morgan fingerprint density at radius 1 is 1.27 bits per heavy atom. The number of halogens is 4. The lowest BCUT2D eigenvalue weighted by Crippen LogP contribution is -2.26. The van der Waals surface area contributed by atoms with E-state index in [-0.39, 0.29) is 23.2 Å². The van der Waals surface area contributed by atoms with Gasteiger partial charge in [-0.2, -0.15) is 5.10 Å². The molecule has 0 unspecified atom stereocenters. The molecule has 142 valence electrons. The van der Waals surface area contributed by atoms with E-state index in [4.69, 9.17) is 0 Å². The number of hydrogen-bond donors (Lipinski definition) is 1. The summed E-state index contributed by atoms with van der Waals surface area (Å²) in [6.45, 7) is 5.53. The maximum absolute atomic E-state index is 14.1. The van der Waals surface area contributed by atoms with Gasteiger partial charge in [-0.15, -0.1) is 13.2 Å². The average molecular weight is 373 g/mol. The van der Waals surface area contributed by atoms with Gasteiger partial charge in [0.05, 0.1) is 5.69 Å². The summed E-state index contributed by atoms with van der Waals surface area (Å²) < 4.78 is 55.9. The smallest absolute Gasteiger partial charge is 0.403 e. The molecule has 26 heavy (non-hydrogen) atoms. The summed E-state index contributed by atoms with van der Waals surface area (Å²) in [5, 5.41) is 6.74. The Morgan fingerprint density at radius 3 is 2.46 bits per heavy atom. The zero-order valence-corrected chi connectivity index (χ0v) is 14.7. The second kappa shape index (κ2) is 6.97. The van der Waals surface area contributed by atoms with Crippen molar-refractivity contribution >= 4 is 5.91 Å². The normalized spacial score (nSPS) is 12.2. The fraction of sp³-hybridized carbons (Fsp3) is 0.412. The van der Waals surface area contributed by atoms with Crippen LogP contribution in [0.2, 0.25) is 0 Å². The van der Waals surface area contributed by atoms with Crippen molar-refractivity contribution in [2.75, 3.05) is 0 Å². The van der Waals surface area contributed by atoms with E-state index in [0.29, 0.717) is 5.69 Å². The minimum absolute atomic E-state index is 0.127. The summed E-state index contributed by atoms with van der Waals surface area (Å²) >= 11 is 0. The van der Waals surface area contributed by atoms with Gasteiger partial charge in [0.15, 0.2) is 11.6 Å². The van der Waals surface area contributed by atoms with Crippen LogP contribution in [0, 0.1) is 5.82 Å². The van der Waals surface area contributed by atoms with Crippen LogP contribution in [0.5, 0.6) is 5.75 Å². The van der Waals surface area contributed by atoms with Gasteiger partial charge < -0.3 is 10.1 Å². The van der Waals surface area contributed by atoms with Crippen molar-refractivity contribution in [3.05, 3.63) is 47.0 Å². The van der Waals surface area contributed by atoms with Crippen molar-refractivity contribution in [3.8, 4) is 5.75 Å². The predicted molar refractivity (Wildman–Crippen MR) is 86.2 cm³/mol. The molecular formula is C17H19F4N3O2. The molecule has 1 aromatic heterocycles. The lowest BCUT2D eigenvalue weighted by molar-refractivity contribution is -0.275. The Hall–Kier alpha value is -2.58. The molecule has 2 aromatic rings. The number of rotatable bonds is 4. The first kappa shape index (κ1) is 19.7. The molecule has 5 nitrogen and oxygen atoms in total. The van der Waals surface area contributed by atoms with Gasteiger partial charge >= 0.3 is 6.36 Å². The predicted octanol–water partition coefficient (Wildman–Crippen LogP) is 3.69. The summed E-state index contributed by atoms with van der Waals surface area (Å²) in [4.78, 5) is 12.3. The van der Waals surface area contributed by atoms with Crippen LogP contribution in [0.15, 0.2) is 24.3 Å². The van der Waals surface area contributed by atoms with Crippen LogP contribution in [0.3, 0.4) is 0 Å². The van der Waals surface area contributed by atoms with Gasteiger partial charge in [-0.25, -0.2) is 4.39 Å². The number of carbonyl (C=O) groups is 1. The van der Waals surface area contributed by atoms with E-state index in [2.05, 4.69) is 15.2 Å². The first-order chi connectivity index (χ1) is 11.9. The summed E-state index contributed by atoms with van der Waals surface area (Å²) in [7, 11) is 1.60. The zero-order valence-electron chi connectivity index (χ0n) is 14.7. The molecular weight excluding hydrogens is 354 g/mol. The summed E-state index contributed by atoms with van der Waals surface area (Å²) in [6, 6.07) is 4.97. The highest BCUT2D eigenvalue weighted by molar-refractivity contribution is 5.92. The van der Waals surface area contributed by atoms with E-state index in [0.717, 1.165) is 6.07 Å². The molecule has 0 aliphatic rings. The number of alkyl halides is 3. The number of aromatic nitrogens is 2. The molecule has 1 aromatic carbocycles. The van der Waals surface area contributed by atoms with E-state index in [1.165, 1.54) is 16.8 Å². The number of benzene rings is 1. The molecule has 1 heterocycles. The summed E-state index contributed by atoms with van der Waals surface area (Å²) in [6.07, 6.45) is -5.00. The van der Waals surface area contributed by atoms with Crippen molar-refractivity contribution in [1.29, 1.82) is 0 Å². The fourth-order valence-corrected chi connectivity index (χ4v) is 2.21. The molecule has 1 N–H and O–H groups in total. The summed E-state index contributed by atoms with van der Waals surface area (Å²) in [5.74, 6) is -2.64. The lowest BCUT2D eigenvalue weighted by atomic mass is 9.92. The summed E-state index contributed by atoms with van der Waals surface area (Å²) in [5.41, 5.74) is 0.583. The number of ether oxygens (including phenoxy) is 1. The molecule has 0 fully saturated rings. The molecule has 2 rings (SSSR count). The van der Waals surface area contributed by atoms with Crippen LogP contribution < -0.4 is 10.1 Å². The topological polar surface area (TPSA) is 56.2 Å². The van der Waals surface area contributed by atoms with Crippen molar-refractivity contribution < 1.29 is 27.1 Å². The number of nitrogens with zero attached hydrogens (tertiary/aromatic N) is 2. The second-order valence-corrected chi connectivity index (χ2v) is 6.75. The number of nitrogens with one attached hydrogen (secondary N) is 1. The van der Waals surface area contributed by atoms with E-state index < -0.39 is 23.8 Å². The highest BCUT2D eigenvalue weighted by Crippen LogP contribution is 2.27. The molecule has 0 saturated heterocycles. The average Bonchev–Trinajstić information content (AvgIpc) is 2.89. The molecule has 0 aliphatic carbocycles. The van der Waals surface area contributed by atoms with Crippen LogP contribution in [-0.4, -0.2) is 22.1 Å². The molecule has 0 atom stereocenters. The van der Waals surface area contributed by atoms with E-state index in [1.54, 1.807) is 13.1 Å². The van der Waals surface area contributed by atoms with Crippen LogP contribution in [0.4, 0.5) is 17.6 Å². The van der Waals surface area contributed by atoms with Crippen LogP contribution in [0.1, 0.15) is 42.5 Å². The van der Waals surface area contributed by atoms with Crippen molar-refractivity contribution in [3.63, 3.8) is 0 Å². The second-order valence-electron chi connectivity index (χ2n) is 6.75. The fourth-order valence-electron chi connectivity index (χ4n) is 2.21. The third kappa shape index (κ3) is 4.74. The SMILES string of the molecule is Cn1nc(C(C)(C)C)cc1C(=O)NCc1cccc(OC(F)(F)F)c1F. The Bertz CT molecular complexity index is 807. The van der Waals surface area contributed by atoms with Gasteiger partial charge in [0.1, 0.15) is 5.69 Å². The van der Waals surface area contributed by atoms with Gasteiger partial charge in [0.2, 0.25) is 0 Å². The molecule has 0 saturated carbocycles. The number of hydrogen-bond acceptors (Lipinski definition) is 3. The van der Waals surface area contributed by atoms with Gasteiger partial charge in [-0.1, -0.05) is 32.9 Å². The van der Waals surface area contributed by atoms with Crippen molar-refractivity contribution in [2.24, 2.45) is 7.05 Å². The molecule has 0 spiro atoms. The van der Waals surface area contributed by atoms with Crippen molar-refractivity contribution in [2.45, 2.75) is 39.1 Å². The maximum atomic E-state index is 14.1. The Morgan fingerprint density at radius 2 is 1.92 bits per heavy atom. The third-order valence-electron chi connectivity index (χ3n) is 3.59. The highest BCUT2D eigenvalue weighted by Gasteiger charge is 2.32. The molecule has 0 bridgehead atoms. The maximum Gasteiger partial charge on any atom is 0.573 e. The van der Waals surface area contributed by atoms with E-state index in [1.807, 2.05) is 20.8 Å². The first-order valence-corrected chi connectivity index (χ1v) is 7.74. The van der Waals surface area contributed by atoms with Crippen LogP contribution in [0.25, 0.3) is 0 Å². The largest absolute Gasteiger partial charge is 0.573 e. The number of carbonyl (C=O) groups excluding carboxylic acids is 1. The minimum atomic E-state index is -5.00. The van der Waals surface area contributed by atoms with Crippen LogP contribution >= 0.6 is 0 Å². The quantitative estimate of drug-likeness (QED) is 0.832. The third-order valence-corrected chi connectivity index (χ3v) is 3.59. The number of aryl methyl sites for hydroxylation is 1.